The molecule has 0 spiro atoms. The molecule has 1 heterocycles. The molecule has 40 heavy (non-hydrogen) atoms. The topological polar surface area (TPSA) is 123 Å². The standard InChI is InChI=1S/C30H29N5O4S/c1-21-16-22(12-15-27(21)37-2)6-5-9-29-34-35-30(39-29)40-20-28(36)33-32-18-23-10-13-26(14-11-23)38-19-25-8-4-3-7-24(25)17-31/h3-4,7-8,10-16,18H,5-6,9,19-20H2,1-2H3,(H,33,36)/b32-18+. The largest absolute Gasteiger partial charge is 0.496 e. The molecule has 0 saturated heterocycles. The van der Waals surface area contributed by atoms with Crippen molar-refractivity contribution in [3.63, 3.8) is 0 Å². The third-order valence-corrected chi connectivity index (χ3v) is 6.72. The van der Waals surface area contributed by atoms with E-state index in [1.807, 2.05) is 43.3 Å². The van der Waals surface area contributed by atoms with Crippen LogP contribution in [0.1, 0.15) is 40.1 Å². The highest BCUT2D eigenvalue weighted by Gasteiger charge is 2.10. The summed E-state index contributed by atoms with van der Waals surface area (Å²) in [6, 6.07) is 22.9. The maximum Gasteiger partial charge on any atom is 0.277 e. The van der Waals surface area contributed by atoms with Gasteiger partial charge in [0, 0.05) is 12.0 Å². The molecule has 0 atom stereocenters. The minimum atomic E-state index is -0.285. The summed E-state index contributed by atoms with van der Waals surface area (Å²) in [7, 11) is 1.67. The quantitative estimate of drug-likeness (QED) is 0.135. The Kier molecular flexibility index (Phi) is 10.3. The molecule has 0 aliphatic rings. The van der Waals surface area contributed by atoms with Gasteiger partial charge in [-0.2, -0.15) is 10.4 Å². The summed E-state index contributed by atoms with van der Waals surface area (Å²) < 4.78 is 16.7. The molecule has 204 valence electrons. The van der Waals surface area contributed by atoms with Gasteiger partial charge in [-0.1, -0.05) is 42.1 Å². The zero-order valence-corrected chi connectivity index (χ0v) is 23.1. The summed E-state index contributed by atoms with van der Waals surface area (Å²) in [4.78, 5) is 12.2. The Hall–Kier alpha value is -4.62. The van der Waals surface area contributed by atoms with Crippen LogP contribution in [0.4, 0.5) is 0 Å². The van der Waals surface area contributed by atoms with Gasteiger partial charge in [-0.25, -0.2) is 5.43 Å². The van der Waals surface area contributed by atoms with Crippen LogP contribution in [0.2, 0.25) is 0 Å². The molecule has 0 bridgehead atoms. The van der Waals surface area contributed by atoms with E-state index in [-0.39, 0.29) is 11.7 Å². The predicted molar refractivity (Wildman–Crippen MR) is 152 cm³/mol. The number of benzene rings is 3. The van der Waals surface area contributed by atoms with Gasteiger partial charge in [0.25, 0.3) is 11.1 Å². The van der Waals surface area contributed by atoms with Gasteiger partial charge in [0.05, 0.1) is 30.7 Å². The zero-order valence-electron chi connectivity index (χ0n) is 22.3. The van der Waals surface area contributed by atoms with E-state index in [1.165, 1.54) is 5.56 Å². The first-order chi connectivity index (χ1) is 19.5. The molecule has 0 saturated carbocycles. The molecule has 9 nitrogen and oxygen atoms in total. The van der Waals surface area contributed by atoms with Crippen LogP contribution in [-0.4, -0.2) is 35.2 Å². The maximum absolute atomic E-state index is 12.2. The van der Waals surface area contributed by atoms with Crippen LogP contribution in [0.15, 0.2) is 81.5 Å². The van der Waals surface area contributed by atoms with Crippen LogP contribution in [0, 0.1) is 18.3 Å². The molecule has 1 aromatic heterocycles. The second-order valence-electron chi connectivity index (χ2n) is 8.83. The highest BCUT2D eigenvalue weighted by atomic mass is 32.2. The van der Waals surface area contributed by atoms with Gasteiger partial charge in [0.15, 0.2) is 0 Å². The van der Waals surface area contributed by atoms with Crippen molar-refractivity contribution in [1.82, 2.24) is 15.6 Å². The predicted octanol–water partition coefficient (Wildman–Crippen LogP) is 5.26. The van der Waals surface area contributed by atoms with Crippen LogP contribution in [0.25, 0.3) is 0 Å². The lowest BCUT2D eigenvalue weighted by Gasteiger charge is -2.07. The van der Waals surface area contributed by atoms with Gasteiger partial charge in [0.2, 0.25) is 5.89 Å². The van der Waals surface area contributed by atoms with Gasteiger partial charge in [-0.15, -0.1) is 10.2 Å². The lowest BCUT2D eigenvalue weighted by molar-refractivity contribution is -0.118. The van der Waals surface area contributed by atoms with E-state index in [0.717, 1.165) is 47.0 Å². The number of hydrazone groups is 1. The van der Waals surface area contributed by atoms with Crippen LogP contribution < -0.4 is 14.9 Å². The number of nitrogens with one attached hydrogen (secondary N) is 1. The number of rotatable bonds is 13. The van der Waals surface area contributed by atoms with Gasteiger partial charge in [0.1, 0.15) is 18.1 Å². The number of carbonyl (C=O) groups excluding carboxylic acids is 1. The number of carbonyl (C=O) groups is 1. The Morgan fingerprint density at radius 3 is 2.73 bits per heavy atom. The normalized spacial score (nSPS) is 10.8. The summed E-state index contributed by atoms with van der Waals surface area (Å²) in [6.07, 6.45) is 3.97. The average Bonchev–Trinajstić information content (AvgIpc) is 3.43. The highest BCUT2D eigenvalue weighted by Crippen LogP contribution is 2.21. The number of aryl methyl sites for hydroxylation is 3. The number of aromatic nitrogens is 2. The van der Waals surface area contributed by atoms with Crippen molar-refractivity contribution in [3.05, 3.63) is 100 Å². The minimum absolute atomic E-state index is 0.0983. The van der Waals surface area contributed by atoms with Crippen LogP contribution in [0.5, 0.6) is 11.5 Å². The molecule has 0 aliphatic heterocycles. The Balaban J connectivity index is 1.15. The van der Waals surface area contributed by atoms with Gasteiger partial charge < -0.3 is 13.9 Å². The Labute approximate surface area is 237 Å². The lowest BCUT2D eigenvalue weighted by atomic mass is 10.1. The van der Waals surface area contributed by atoms with Crippen LogP contribution in [0.3, 0.4) is 0 Å². The van der Waals surface area contributed by atoms with E-state index in [9.17, 15) is 10.1 Å². The van der Waals surface area contributed by atoms with E-state index in [2.05, 4.69) is 38.9 Å². The van der Waals surface area contributed by atoms with Gasteiger partial charge in [-0.05, 0) is 72.9 Å². The van der Waals surface area contributed by atoms with Crippen molar-refractivity contribution >= 4 is 23.9 Å². The molecule has 3 aromatic carbocycles. The first-order valence-corrected chi connectivity index (χ1v) is 13.6. The Bertz CT molecular complexity index is 1490. The maximum atomic E-state index is 12.2. The fourth-order valence-electron chi connectivity index (χ4n) is 3.84. The van der Waals surface area contributed by atoms with Crippen molar-refractivity contribution in [2.75, 3.05) is 12.9 Å². The van der Waals surface area contributed by atoms with E-state index < -0.39 is 0 Å². The molecule has 10 heteroatoms. The number of thioether (sulfide) groups is 1. The summed E-state index contributed by atoms with van der Waals surface area (Å²) >= 11 is 1.16. The smallest absolute Gasteiger partial charge is 0.277 e. The lowest BCUT2D eigenvalue weighted by Crippen LogP contribution is -2.19. The summed E-state index contributed by atoms with van der Waals surface area (Å²) in [6.45, 7) is 2.33. The average molecular weight is 556 g/mol. The molecular formula is C30H29N5O4S. The number of hydrogen-bond donors (Lipinski definition) is 1. The highest BCUT2D eigenvalue weighted by molar-refractivity contribution is 7.99. The fraction of sp³-hybridized carbons (Fsp3) is 0.233. The van der Waals surface area contributed by atoms with E-state index in [1.54, 1.807) is 31.5 Å². The summed E-state index contributed by atoms with van der Waals surface area (Å²) in [5, 5.41) is 21.6. The number of amides is 1. The molecule has 0 unspecified atom stereocenters. The molecule has 4 rings (SSSR count). The molecular weight excluding hydrogens is 526 g/mol. The molecule has 0 fully saturated rings. The molecule has 1 N–H and O–H groups in total. The van der Waals surface area contributed by atoms with E-state index in [4.69, 9.17) is 13.9 Å². The third-order valence-electron chi connectivity index (χ3n) is 5.91. The first kappa shape index (κ1) is 28.4. The van der Waals surface area contributed by atoms with Crippen molar-refractivity contribution < 1.29 is 18.7 Å². The molecule has 0 aliphatic carbocycles. The van der Waals surface area contributed by atoms with E-state index >= 15 is 0 Å². The Morgan fingerprint density at radius 1 is 1.12 bits per heavy atom. The zero-order chi connectivity index (χ0) is 28.2. The van der Waals surface area contributed by atoms with Gasteiger partial charge in [-0.3, -0.25) is 4.79 Å². The number of nitrogens with zero attached hydrogens (tertiary/aromatic N) is 4. The molecule has 0 radical (unpaired) electrons. The van der Waals surface area contributed by atoms with Crippen LogP contribution in [-0.2, 0) is 24.2 Å². The second-order valence-corrected chi connectivity index (χ2v) is 9.75. The molecule has 4 aromatic rings. The second kappa shape index (κ2) is 14.5. The number of nitriles is 1. The number of ether oxygens (including phenoxy) is 2. The number of methoxy groups -OCH3 is 1. The summed E-state index contributed by atoms with van der Waals surface area (Å²) in [5.41, 5.74) is 7.05. The van der Waals surface area contributed by atoms with Crippen molar-refractivity contribution in [1.29, 1.82) is 5.26 Å². The number of hydrogen-bond acceptors (Lipinski definition) is 9. The Morgan fingerprint density at radius 2 is 1.95 bits per heavy atom. The van der Waals surface area contributed by atoms with Crippen LogP contribution >= 0.6 is 11.8 Å². The van der Waals surface area contributed by atoms with Crippen molar-refractivity contribution in [3.8, 4) is 17.6 Å². The SMILES string of the molecule is COc1ccc(CCCc2nnc(SCC(=O)N/N=C/c3ccc(OCc4ccccc4C#N)cc3)o2)cc1C. The van der Waals surface area contributed by atoms with Crippen molar-refractivity contribution in [2.24, 2.45) is 5.10 Å². The third kappa shape index (κ3) is 8.44. The van der Waals surface area contributed by atoms with Crippen molar-refractivity contribution in [2.45, 2.75) is 38.0 Å². The van der Waals surface area contributed by atoms with E-state index in [0.29, 0.717) is 35.5 Å². The minimum Gasteiger partial charge on any atom is -0.496 e. The summed E-state index contributed by atoms with van der Waals surface area (Å²) in [5.74, 6) is 1.91. The first-order valence-electron chi connectivity index (χ1n) is 12.7. The molecule has 1 amide bonds. The fourth-order valence-corrected chi connectivity index (χ4v) is 4.41. The monoisotopic (exact) mass is 555 g/mol. The van der Waals surface area contributed by atoms with Gasteiger partial charge >= 0.3 is 0 Å².